The van der Waals surface area contributed by atoms with Crippen molar-refractivity contribution in [2.45, 2.75) is 32.9 Å². The number of carbonyl (C=O) groups is 1. The van der Waals surface area contributed by atoms with Crippen LogP contribution < -0.4 is 10.1 Å². The summed E-state index contributed by atoms with van der Waals surface area (Å²) < 4.78 is 6.98. The van der Waals surface area contributed by atoms with E-state index in [0.29, 0.717) is 13.0 Å². The summed E-state index contributed by atoms with van der Waals surface area (Å²) >= 11 is 0. The third-order valence-electron chi connectivity index (χ3n) is 3.26. The van der Waals surface area contributed by atoms with Crippen molar-refractivity contribution in [2.75, 3.05) is 7.11 Å². The van der Waals surface area contributed by atoms with Crippen LogP contribution in [-0.4, -0.2) is 27.8 Å². The van der Waals surface area contributed by atoms with Gasteiger partial charge in [-0.1, -0.05) is 17.7 Å². The van der Waals surface area contributed by atoms with Crippen molar-refractivity contribution in [3.8, 4) is 5.75 Å². The molecule has 0 fully saturated rings. The molecule has 0 saturated carbocycles. The van der Waals surface area contributed by atoms with Crippen molar-refractivity contribution in [2.24, 2.45) is 0 Å². The third kappa shape index (κ3) is 4.05. The lowest BCUT2D eigenvalue weighted by molar-refractivity contribution is -0.122. The van der Waals surface area contributed by atoms with Crippen LogP contribution in [-0.2, 0) is 11.3 Å². The average Bonchev–Trinajstić information content (AvgIpc) is 2.98. The molecule has 2 rings (SSSR count). The minimum absolute atomic E-state index is 0.0263. The number of methoxy groups -OCH3 is 1. The van der Waals surface area contributed by atoms with E-state index in [1.165, 1.54) is 6.33 Å². The number of aryl methyl sites for hydroxylation is 2. The summed E-state index contributed by atoms with van der Waals surface area (Å²) in [5.41, 5.74) is 2.11. The molecular formula is C15H20N4O2. The van der Waals surface area contributed by atoms with Gasteiger partial charge < -0.3 is 10.1 Å². The number of ether oxygens (including phenoxy) is 1. The fraction of sp³-hybridized carbons (Fsp3) is 0.400. The fourth-order valence-electron chi connectivity index (χ4n) is 2.15. The largest absolute Gasteiger partial charge is 0.496 e. The Morgan fingerprint density at radius 3 is 2.95 bits per heavy atom. The van der Waals surface area contributed by atoms with Gasteiger partial charge in [0, 0.05) is 12.0 Å². The molecule has 112 valence electrons. The molecule has 6 heteroatoms. The van der Waals surface area contributed by atoms with Gasteiger partial charge in [-0.15, -0.1) is 0 Å². The summed E-state index contributed by atoms with van der Waals surface area (Å²) in [6.07, 6.45) is 3.42. The van der Waals surface area contributed by atoms with Gasteiger partial charge in [0.05, 0.1) is 19.7 Å². The molecule has 0 saturated heterocycles. The highest BCUT2D eigenvalue weighted by Gasteiger charge is 2.14. The molecular weight excluding hydrogens is 268 g/mol. The number of nitrogens with one attached hydrogen (secondary N) is 1. The highest BCUT2D eigenvalue weighted by molar-refractivity contribution is 5.76. The van der Waals surface area contributed by atoms with E-state index >= 15 is 0 Å². The molecule has 0 spiro atoms. The van der Waals surface area contributed by atoms with Gasteiger partial charge in [0.15, 0.2) is 0 Å². The lowest BCUT2D eigenvalue weighted by atomic mass is 10.0. The van der Waals surface area contributed by atoms with E-state index in [4.69, 9.17) is 4.74 Å². The second-order valence-corrected chi connectivity index (χ2v) is 4.94. The van der Waals surface area contributed by atoms with E-state index in [0.717, 1.165) is 16.9 Å². The smallest absolute Gasteiger partial charge is 0.222 e. The van der Waals surface area contributed by atoms with Crippen LogP contribution in [0.3, 0.4) is 0 Å². The first-order chi connectivity index (χ1) is 10.1. The molecule has 1 aromatic heterocycles. The van der Waals surface area contributed by atoms with Crippen LogP contribution in [0.1, 0.15) is 30.5 Å². The summed E-state index contributed by atoms with van der Waals surface area (Å²) in [7, 11) is 1.63. The number of nitrogens with zero attached hydrogens (tertiary/aromatic N) is 3. The second-order valence-electron chi connectivity index (χ2n) is 4.94. The van der Waals surface area contributed by atoms with Gasteiger partial charge in [-0.05, 0) is 19.9 Å². The zero-order valence-electron chi connectivity index (χ0n) is 12.5. The van der Waals surface area contributed by atoms with E-state index in [1.54, 1.807) is 18.1 Å². The van der Waals surface area contributed by atoms with Crippen molar-refractivity contribution < 1.29 is 9.53 Å². The van der Waals surface area contributed by atoms with Gasteiger partial charge in [0.2, 0.25) is 5.91 Å². The van der Waals surface area contributed by atoms with Crippen molar-refractivity contribution in [3.05, 3.63) is 42.0 Å². The lowest BCUT2D eigenvalue weighted by Gasteiger charge is -2.18. The minimum Gasteiger partial charge on any atom is -0.496 e. The Balaban J connectivity index is 1.95. The molecule has 6 nitrogen and oxygen atoms in total. The first-order valence-electron chi connectivity index (χ1n) is 6.86. The molecule has 1 heterocycles. The molecule has 0 bridgehead atoms. The van der Waals surface area contributed by atoms with Crippen molar-refractivity contribution in [1.82, 2.24) is 20.1 Å². The van der Waals surface area contributed by atoms with Crippen LogP contribution in [0.5, 0.6) is 5.75 Å². The van der Waals surface area contributed by atoms with Crippen molar-refractivity contribution in [3.63, 3.8) is 0 Å². The molecule has 0 aliphatic heterocycles. The SMILES string of the molecule is COc1ccc(C)cc1[C@H](C)NC(=O)CCn1cncn1. The molecule has 2 aromatic rings. The van der Waals surface area contributed by atoms with E-state index in [1.807, 2.05) is 32.0 Å². The number of benzene rings is 1. The van der Waals surface area contributed by atoms with E-state index < -0.39 is 0 Å². The average molecular weight is 288 g/mol. The maximum Gasteiger partial charge on any atom is 0.222 e. The van der Waals surface area contributed by atoms with Crippen molar-refractivity contribution in [1.29, 1.82) is 0 Å². The van der Waals surface area contributed by atoms with Crippen LogP contribution in [0.15, 0.2) is 30.9 Å². The van der Waals surface area contributed by atoms with Crippen LogP contribution in [0.2, 0.25) is 0 Å². The highest BCUT2D eigenvalue weighted by Crippen LogP contribution is 2.26. The van der Waals surface area contributed by atoms with E-state index in [2.05, 4.69) is 15.4 Å². The summed E-state index contributed by atoms with van der Waals surface area (Å²) in [6.45, 7) is 4.48. The number of hydrogen-bond acceptors (Lipinski definition) is 4. The number of aromatic nitrogens is 3. The quantitative estimate of drug-likeness (QED) is 0.881. The zero-order chi connectivity index (χ0) is 15.2. The van der Waals surface area contributed by atoms with Gasteiger partial charge in [0.1, 0.15) is 18.4 Å². The third-order valence-corrected chi connectivity index (χ3v) is 3.26. The Morgan fingerprint density at radius 2 is 2.29 bits per heavy atom. The molecule has 21 heavy (non-hydrogen) atoms. The first kappa shape index (κ1) is 15.0. The molecule has 1 aromatic carbocycles. The van der Waals surface area contributed by atoms with Gasteiger partial charge in [-0.25, -0.2) is 4.98 Å². The predicted molar refractivity (Wildman–Crippen MR) is 78.9 cm³/mol. The molecule has 0 aliphatic carbocycles. The van der Waals surface area contributed by atoms with E-state index in [-0.39, 0.29) is 11.9 Å². The Kier molecular flexibility index (Phi) is 4.92. The van der Waals surface area contributed by atoms with Gasteiger partial charge in [-0.3, -0.25) is 9.48 Å². The van der Waals surface area contributed by atoms with Crippen molar-refractivity contribution >= 4 is 5.91 Å². The number of amides is 1. The molecule has 1 amide bonds. The van der Waals surface area contributed by atoms with Gasteiger partial charge in [-0.2, -0.15) is 5.10 Å². The molecule has 0 aliphatic rings. The zero-order valence-corrected chi connectivity index (χ0v) is 12.5. The fourth-order valence-corrected chi connectivity index (χ4v) is 2.15. The Morgan fingerprint density at radius 1 is 1.48 bits per heavy atom. The topological polar surface area (TPSA) is 69.0 Å². The molecule has 1 N–H and O–H groups in total. The molecule has 1 atom stereocenters. The normalized spacial score (nSPS) is 12.0. The lowest BCUT2D eigenvalue weighted by Crippen LogP contribution is -2.27. The summed E-state index contributed by atoms with van der Waals surface area (Å²) in [4.78, 5) is 15.8. The standard InChI is InChI=1S/C15H20N4O2/c1-11-4-5-14(21-3)13(8-11)12(2)18-15(20)6-7-19-10-16-9-17-19/h4-5,8-10,12H,6-7H2,1-3H3,(H,18,20)/t12-/m0/s1. The monoisotopic (exact) mass is 288 g/mol. The molecule has 0 radical (unpaired) electrons. The second kappa shape index (κ2) is 6.88. The van der Waals surface area contributed by atoms with Crippen LogP contribution in [0, 0.1) is 6.92 Å². The summed E-state index contributed by atoms with van der Waals surface area (Å²) in [6, 6.07) is 5.83. The number of carbonyl (C=O) groups excluding carboxylic acids is 1. The summed E-state index contributed by atoms with van der Waals surface area (Å²) in [5.74, 6) is 0.756. The van der Waals surface area contributed by atoms with Crippen LogP contribution >= 0.6 is 0 Å². The van der Waals surface area contributed by atoms with E-state index in [9.17, 15) is 4.79 Å². The Bertz CT molecular complexity index is 596. The maximum atomic E-state index is 12.0. The minimum atomic E-state index is -0.108. The van der Waals surface area contributed by atoms with Gasteiger partial charge >= 0.3 is 0 Å². The number of rotatable bonds is 6. The Labute approximate surface area is 124 Å². The Hall–Kier alpha value is -2.37. The predicted octanol–water partition coefficient (Wildman–Crippen LogP) is 1.86. The first-order valence-corrected chi connectivity index (χ1v) is 6.86. The number of hydrogen-bond donors (Lipinski definition) is 1. The van der Waals surface area contributed by atoms with Crippen LogP contribution in [0.25, 0.3) is 0 Å². The summed E-state index contributed by atoms with van der Waals surface area (Å²) in [5, 5.41) is 6.95. The maximum absolute atomic E-state index is 12.0. The highest BCUT2D eigenvalue weighted by atomic mass is 16.5. The van der Waals surface area contributed by atoms with Crippen LogP contribution in [0.4, 0.5) is 0 Å². The van der Waals surface area contributed by atoms with Gasteiger partial charge in [0.25, 0.3) is 0 Å². The molecule has 0 unspecified atom stereocenters.